The van der Waals surface area contributed by atoms with Crippen molar-refractivity contribution in [1.82, 2.24) is 9.97 Å². The zero-order chi connectivity index (χ0) is 19.4. The number of ether oxygens (including phenoxy) is 2. The summed E-state index contributed by atoms with van der Waals surface area (Å²) in [6, 6.07) is 11.7. The molecule has 2 aromatic carbocycles. The molecule has 0 unspecified atom stereocenters. The Morgan fingerprint density at radius 3 is 1.63 bits per heavy atom. The van der Waals surface area contributed by atoms with Crippen LogP contribution in [0.4, 0.5) is 28.7 Å². The number of aromatic nitrogens is 2. The van der Waals surface area contributed by atoms with E-state index in [9.17, 15) is 0 Å². The molecule has 0 aliphatic rings. The number of hydrogen-bond acceptors (Lipinski definition) is 7. The zero-order valence-corrected chi connectivity index (χ0v) is 15.8. The number of nitrogens with zero attached hydrogens (tertiary/aromatic N) is 2. The van der Waals surface area contributed by atoms with E-state index in [0.29, 0.717) is 28.8 Å². The van der Waals surface area contributed by atoms with Crippen molar-refractivity contribution >= 4 is 28.7 Å². The van der Waals surface area contributed by atoms with Crippen molar-refractivity contribution in [1.29, 1.82) is 0 Å². The number of nitrogens with two attached hydrogens (primary N) is 1. The van der Waals surface area contributed by atoms with E-state index in [0.717, 1.165) is 22.5 Å². The van der Waals surface area contributed by atoms with Crippen molar-refractivity contribution in [3.63, 3.8) is 0 Å². The number of nitrogens with one attached hydrogen (secondary N) is 2. The molecule has 1 aromatic heterocycles. The number of nitrogen functional groups attached to an aromatic ring is 1. The largest absolute Gasteiger partial charge is 0.495 e. The first-order chi connectivity index (χ1) is 13.0. The number of methoxy groups -OCH3 is 2. The summed E-state index contributed by atoms with van der Waals surface area (Å²) in [5.74, 6) is 2.38. The van der Waals surface area contributed by atoms with Gasteiger partial charge in [-0.1, -0.05) is 12.1 Å². The van der Waals surface area contributed by atoms with Crippen molar-refractivity contribution in [3.05, 3.63) is 53.9 Å². The van der Waals surface area contributed by atoms with Gasteiger partial charge >= 0.3 is 0 Å². The Hall–Kier alpha value is -3.48. The van der Waals surface area contributed by atoms with Gasteiger partial charge in [-0.2, -0.15) is 0 Å². The Balaban J connectivity index is 1.93. The highest BCUT2D eigenvalue weighted by molar-refractivity contribution is 5.82. The van der Waals surface area contributed by atoms with Gasteiger partial charge < -0.3 is 25.8 Å². The average Bonchev–Trinajstić information content (AvgIpc) is 2.65. The molecular formula is C20H23N5O2. The van der Waals surface area contributed by atoms with Crippen LogP contribution in [0, 0.1) is 13.8 Å². The Kier molecular flexibility index (Phi) is 5.30. The molecule has 0 saturated heterocycles. The fraction of sp³-hybridized carbons (Fsp3) is 0.200. The molecule has 0 saturated carbocycles. The van der Waals surface area contributed by atoms with E-state index in [1.807, 2.05) is 50.2 Å². The normalized spacial score (nSPS) is 10.4. The van der Waals surface area contributed by atoms with Gasteiger partial charge in [0.2, 0.25) is 0 Å². The van der Waals surface area contributed by atoms with E-state index in [2.05, 4.69) is 20.6 Å². The Labute approximate surface area is 158 Å². The van der Waals surface area contributed by atoms with E-state index in [1.54, 1.807) is 14.2 Å². The predicted molar refractivity (Wildman–Crippen MR) is 108 cm³/mol. The van der Waals surface area contributed by atoms with E-state index in [4.69, 9.17) is 15.2 Å². The Bertz CT molecular complexity index is 885. The average molecular weight is 365 g/mol. The topological polar surface area (TPSA) is 94.3 Å². The predicted octanol–water partition coefficient (Wildman–Crippen LogP) is 4.18. The standard InChI is InChI=1S/C20H23N5O2/c1-12-5-7-16(26-3)14(9-12)24-19-18(21)20(23-11-22-19)25-15-10-13(2)6-8-17(15)27-4/h5-11H,21H2,1-4H3,(H2,22,23,24,25). The summed E-state index contributed by atoms with van der Waals surface area (Å²) < 4.78 is 10.8. The summed E-state index contributed by atoms with van der Waals surface area (Å²) in [7, 11) is 3.24. The zero-order valence-electron chi connectivity index (χ0n) is 15.8. The highest BCUT2D eigenvalue weighted by Gasteiger charge is 2.13. The molecule has 0 aliphatic heterocycles. The molecule has 3 aromatic rings. The molecule has 7 nitrogen and oxygen atoms in total. The second-order valence-corrected chi connectivity index (χ2v) is 6.14. The van der Waals surface area contributed by atoms with Gasteiger partial charge in [-0.3, -0.25) is 0 Å². The van der Waals surface area contributed by atoms with Crippen molar-refractivity contribution in [2.45, 2.75) is 13.8 Å². The van der Waals surface area contributed by atoms with Crippen LogP contribution in [0.1, 0.15) is 11.1 Å². The fourth-order valence-electron chi connectivity index (χ4n) is 2.69. The third-order valence-electron chi connectivity index (χ3n) is 4.10. The number of rotatable bonds is 6. The molecule has 0 radical (unpaired) electrons. The van der Waals surface area contributed by atoms with Gasteiger partial charge in [-0.05, 0) is 49.2 Å². The first kappa shape index (κ1) is 18.3. The summed E-state index contributed by atoms with van der Waals surface area (Å²) in [6.07, 6.45) is 1.45. The minimum Gasteiger partial charge on any atom is -0.495 e. The van der Waals surface area contributed by atoms with Crippen LogP contribution in [0.15, 0.2) is 42.7 Å². The molecule has 0 spiro atoms. The number of hydrogen-bond donors (Lipinski definition) is 3. The summed E-state index contributed by atoms with van der Waals surface area (Å²) in [4.78, 5) is 8.53. The Morgan fingerprint density at radius 1 is 0.778 bits per heavy atom. The van der Waals surface area contributed by atoms with Gasteiger partial charge in [0.25, 0.3) is 0 Å². The van der Waals surface area contributed by atoms with Crippen molar-refractivity contribution in [2.75, 3.05) is 30.6 Å². The van der Waals surface area contributed by atoms with Crippen LogP contribution in [-0.2, 0) is 0 Å². The second kappa shape index (κ2) is 7.82. The minimum absolute atomic E-state index is 0.393. The number of aryl methyl sites for hydroxylation is 2. The SMILES string of the molecule is COc1ccc(C)cc1Nc1ncnc(Nc2cc(C)ccc2OC)c1N. The van der Waals surface area contributed by atoms with Crippen molar-refractivity contribution in [3.8, 4) is 11.5 Å². The molecule has 4 N–H and O–H groups in total. The van der Waals surface area contributed by atoms with Crippen molar-refractivity contribution < 1.29 is 9.47 Å². The van der Waals surface area contributed by atoms with Crippen LogP contribution in [0.5, 0.6) is 11.5 Å². The monoisotopic (exact) mass is 365 g/mol. The lowest BCUT2D eigenvalue weighted by atomic mass is 10.2. The molecule has 0 atom stereocenters. The summed E-state index contributed by atoms with van der Waals surface area (Å²) in [6.45, 7) is 4.01. The molecule has 140 valence electrons. The number of anilines is 5. The molecule has 27 heavy (non-hydrogen) atoms. The van der Waals surface area contributed by atoms with Crippen LogP contribution in [0.2, 0.25) is 0 Å². The maximum Gasteiger partial charge on any atom is 0.159 e. The fourth-order valence-corrected chi connectivity index (χ4v) is 2.69. The molecule has 3 rings (SSSR count). The van der Waals surface area contributed by atoms with E-state index in [-0.39, 0.29) is 0 Å². The van der Waals surface area contributed by atoms with Gasteiger partial charge in [-0.25, -0.2) is 9.97 Å². The quantitative estimate of drug-likeness (QED) is 0.603. The van der Waals surface area contributed by atoms with Gasteiger partial charge in [0.15, 0.2) is 11.6 Å². The van der Waals surface area contributed by atoms with Crippen LogP contribution >= 0.6 is 0 Å². The molecule has 1 heterocycles. The van der Waals surface area contributed by atoms with Crippen LogP contribution in [-0.4, -0.2) is 24.2 Å². The summed E-state index contributed by atoms with van der Waals surface area (Å²) in [5, 5.41) is 6.45. The molecule has 0 aliphatic carbocycles. The van der Waals surface area contributed by atoms with Crippen LogP contribution in [0.3, 0.4) is 0 Å². The Morgan fingerprint density at radius 2 is 1.22 bits per heavy atom. The van der Waals surface area contributed by atoms with E-state index < -0.39 is 0 Å². The van der Waals surface area contributed by atoms with Gasteiger partial charge in [-0.15, -0.1) is 0 Å². The number of benzene rings is 2. The maximum atomic E-state index is 6.31. The lowest BCUT2D eigenvalue weighted by molar-refractivity contribution is 0.416. The maximum absolute atomic E-state index is 6.31. The smallest absolute Gasteiger partial charge is 0.159 e. The lowest BCUT2D eigenvalue weighted by Gasteiger charge is -2.16. The molecule has 0 bridgehead atoms. The van der Waals surface area contributed by atoms with Crippen LogP contribution < -0.4 is 25.8 Å². The molecule has 0 fully saturated rings. The third kappa shape index (κ3) is 4.03. The van der Waals surface area contributed by atoms with E-state index >= 15 is 0 Å². The highest BCUT2D eigenvalue weighted by Crippen LogP contribution is 2.34. The van der Waals surface area contributed by atoms with Gasteiger partial charge in [0, 0.05) is 0 Å². The van der Waals surface area contributed by atoms with E-state index in [1.165, 1.54) is 6.33 Å². The first-order valence-corrected chi connectivity index (χ1v) is 8.45. The molecule has 7 heteroatoms. The lowest BCUT2D eigenvalue weighted by Crippen LogP contribution is -2.06. The summed E-state index contributed by atoms with van der Waals surface area (Å²) >= 11 is 0. The molecule has 0 amide bonds. The van der Waals surface area contributed by atoms with Crippen molar-refractivity contribution in [2.24, 2.45) is 0 Å². The first-order valence-electron chi connectivity index (χ1n) is 8.45. The minimum atomic E-state index is 0.393. The third-order valence-corrected chi connectivity index (χ3v) is 4.10. The van der Waals surface area contributed by atoms with Crippen LogP contribution in [0.25, 0.3) is 0 Å². The highest BCUT2D eigenvalue weighted by atomic mass is 16.5. The van der Waals surface area contributed by atoms with Gasteiger partial charge in [0.1, 0.15) is 23.5 Å². The van der Waals surface area contributed by atoms with Gasteiger partial charge in [0.05, 0.1) is 25.6 Å². The summed E-state index contributed by atoms with van der Waals surface area (Å²) in [5.41, 5.74) is 10.4. The second-order valence-electron chi connectivity index (χ2n) is 6.14. The molecular weight excluding hydrogens is 342 g/mol.